The van der Waals surface area contributed by atoms with Crippen LogP contribution in [0.3, 0.4) is 0 Å². The number of carboxylic acid groups (broad SMARTS) is 1. The standard InChI is InChI=1S/C12H8Cl3N3O3/c1-5(6-3-2-4-21-6)17-18-9-7(13)10(12(19)20)16-11(15)8(9)14/h2-4H,1H3,(H,16,18)(H,19,20)/p-1/b17-5-. The number of rotatable bonds is 4. The number of halogens is 3. The number of carboxylic acids is 1. The first-order valence-corrected chi connectivity index (χ1v) is 6.65. The monoisotopic (exact) mass is 346 g/mol. The van der Waals surface area contributed by atoms with Gasteiger partial charge in [-0.25, -0.2) is 4.98 Å². The third-order valence-electron chi connectivity index (χ3n) is 2.44. The third kappa shape index (κ3) is 3.29. The molecule has 0 aliphatic carbocycles. The van der Waals surface area contributed by atoms with Crippen LogP contribution in [0.2, 0.25) is 15.2 Å². The Balaban J connectivity index is 2.40. The van der Waals surface area contributed by atoms with Gasteiger partial charge in [0.2, 0.25) is 0 Å². The number of hydrogen-bond acceptors (Lipinski definition) is 6. The molecule has 2 aromatic heterocycles. The van der Waals surface area contributed by atoms with Crippen molar-refractivity contribution in [1.29, 1.82) is 0 Å². The summed E-state index contributed by atoms with van der Waals surface area (Å²) in [7, 11) is 0. The zero-order valence-electron chi connectivity index (χ0n) is 10.5. The number of furan rings is 1. The lowest BCUT2D eigenvalue weighted by Gasteiger charge is -2.12. The number of carbonyl (C=O) groups is 1. The van der Waals surface area contributed by atoms with Gasteiger partial charge in [-0.2, -0.15) is 5.10 Å². The van der Waals surface area contributed by atoms with Gasteiger partial charge < -0.3 is 14.3 Å². The van der Waals surface area contributed by atoms with E-state index < -0.39 is 11.7 Å². The van der Waals surface area contributed by atoms with Crippen LogP contribution in [0.25, 0.3) is 0 Å². The van der Waals surface area contributed by atoms with Gasteiger partial charge in [-0.05, 0) is 19.1 Å². The number of aromatic nitrogens is 1. The molecule has 0 spiro atoms. The SMILES string of the molecule is C/C(=N/Nc1c(Cl)c(Cl)nc(C(=O)[O-])c1Cl)c1ccco1. The number of carbonyl (C=O) groups excluding carboxylic acids is 1. The smallest absolute Gasteiger partial charge is 0.150 e. The highest BCUT2D eigenvalue weighted by Gasteiger charge is 2.17. The molecule has 2 aromatic rings. The Hall–Kier alpha value is -1.76. The third-order valence-corrected chi connectivity index (χ3v) is 3.55. The van der Waals surface area contributed by atoms with Crippen LogP contribution in [-0.4, -0.2) is 16.7 Å². The molecule has 2 rings (SSSR count). The molecule has 0 radical (unpaired) electrons. The van der Waals surface area contributed by atoms with Crippen molar-refractivity contribution < 1.29 is 14.3 Å². The largest absolute Gasteiger partial charge is 0.543 e. The van der Waals surface area contributed by atoms with Gasteiger partial charge in [-0.3, -0.25) is 5.43 Å². The normalized spacial score (nSPS) is 11.5. The number of nitrogens with zero attached hydrogens (tertiary/aromatic N) is 2. The summed E-state index contributed by atoms with van der Waals surface area (Å²) < 4.78 is 5.15. The second-order valence-electron chi connectivity index (χ2n) is 3.83. The van der Waals surface area contributed by atoms with Gasteiger partial charge in [-0.1, -0.05) is 34.8 Å². The Labute approximate surface area is 134 Å². The number of hydrogen-bond donors (Lipinski definition) is 1. The number of nitrogens with one attached hydrogen (secondary N) is 1. The maximum Gasteiger partial charge on any atom is 0.150 e. The van der Waals surface area contributed by atoms with E-state index in [4.69, 9.17) is 39.2 Å². The molecule has 0 fully saturated rings. The van der Waals surface area contributed by atoms with E-state index in [2.05, 4.69) is 15.5 Å². The number of anilines is 1. The summed E-state index contributed by atoms with van der Waals surface area (Å²) in [5.74, 6) is -1.05. The van der Waals surface area contributed by atoms with E-state index in [0.717, 1.165) is 0 Å². The molecule has 0 unspecified atom stereocenters. The van der Waals surface area contributed by atoms with E-state index in [1.165, 1.54) is 6.26 Å². The van der Waals surface area contributed by atoms with E-state index in [1.807, 2.05) is 0 Å². The van der Waals surface area contributed by atoms with Crippen LogP contribution >= 0.6 is 34.8 Å². The molecule has 9 heteroatoms. The minimum Gasteiger partial charge on any atom is -0.543 e. The minimum atomic E-state index is -1.58. The van der Waals surface area contributed by atoms with Gasteiger partial charge in [-0.15, -0.1) is 0 Å². The van der Waals surface area contributed by atoms with Crippen molar-refractivity contribution in [3.63, 3.8) is 0 Å². The molecule has 0 saturated carbocycles. The maximum absolute atomic E-state index is 10.9. The predicted octanol–water partition coefficient (Wildman–Crippen LogP) is 2.83. The van der Waals surface area contributed by atoms with Crippen molar-refractivity contribution >= 4 is 52.2 Å². The Bertz CT molecular complexity index is 714. The lowest BCUT2D eigenvalue weighted by molar-refractivity contribution is -0.255. The van der Waals surface area contributed by atoms with Crippen molar-refractivity contribution in [3.8, 4) is 0 Å². The van der Waals surface area contributed by atoms with E-state index in [0.29, 0.717) is 11.5 Å². The van der Waals surface area contributed by atoms with Gasteiger partial charge in [0.15, 0.2) is 5.15 Å². The molecule has 0 aromatic carbocycles. The highest BCUT2D eigenvalue weighted by molar-refractivity contribution is 6.46. The number of pyridine rings is 1. The first kappa shape index (κ1) is 15.6. The molecule has 0 saturated heterocycles. The van der Waals surface area contributed by atoms with Gasteiger partial charge in [0.05, 0.1) is 22.9 Å². The molecule has 6 nitrogen and oxygen atoms in total. The summed E-state index contributed by atoms with van der Waals surface area (Å²) in [6.07, 6.45) is 1.49. The average Bonchev–Trinajstić information content (AvgIpc) is 2.96. The van der Waals surface area contributed by atoms with Crippen molar-refractivity contribution in [3.05, 3.63) is 45.0 Å². The van der Waals surface area contributed by atoms with Crippen LogP contribution in [0.15, 0.2) is 27.9 Å². The Morgan fingerprint density at radius 1 is 1.38 bits per heavy atom. The highest BCUT2D eigenvalue weighted by atomic mass is 35.5. The Morgan fingerprint density at radius 3 is 2.67 bits per heavy atom. The lowest BCUT2D eigenvalue weighted by atomic mass is 10.3. The second kappa shape index (κ2) is 6.34. The lowest BCUT2D eigenvalue weighted by Crippen LogP contribution is -2.24. The van der Waals surface area contributed by atoms with Gasteiger partial charge in [0.1, 0.15) is 22.2 Å². The molecular weight excluding hydrogens is 341 g/mol. The summed E-state index contributed by atoms with van der Waals surface area (Å²) in [4.78, 5) is 14.5. The molecular formula is C12H7Cl3N3O3-. The zero-order valence-corrected chi connectivity index (χ0v) is 12.8. The molecule has 2 heterocycles. The van der Waals surface area contributed by atoms with Crippen molar-refractivity contribution in [2.45, 2.75) is 6.92 Å². The molecule has 21 heavy (non-hydrogen) atoms. The fraction of sp³-hybridized carbons (Fsp3) is 0.0833. The molecule has 0 bridgehead atoms. The number of hydrazone groups is 1. The molecule has 0 atom stereocenters. The van der Waals surface area contributed by atoms with E-state index in [-0.39, 0.29) is 20.9 Å². The Morgan fingerprint density at radius 2 is 2.10 bits per heavy atom. The van der Waals surface area contributed by atoms with Gasteiger partial charge in [0, 0.05) is 0 Å². The minimum absolute atomic E-state index is 0.0171. The van der Waals surface area contributed by atoms with E-state index in [9.17, 15) is 9.90 Å². The van der Waals surface area contributed by atoms with Crippen LogP contribution in [0.1, 0.15) is 23.2 Å². The fourth-order valence-corrected chi connectivity index (χ4v) is 2.09. The van der Waals surface area contributed by atoms with E-state index >= 15 is 0 Å². The van der Waals surface area contributed by atoms with Crippen molar-refractivity contribution in [2.75, 3.05) is 5.43 Å². The zero-order chi connectivity index (χ0) is 15.6. The first-order chi connectivity index (χ1) is 9.91. The van der Waals surface area contributed by atoms with Crippen LogP contribution < -0.4 is 10.5 Å². The van der Waals surface area contributed by atoms with Crippen LogP contribution in [0, 0.1) is 0 Å². The van der Waals surface area contributed by atoms with E-state index in [1.54, 1.807) is 19.1 Å². The summed E-state index contributed by atoms with van der Waals surface area (Å²) in [6, 6.07) is 3.40. The molecule has 110 valence electrons. The highest BCUT2D eigenvalue weighted by Crippen LogP contribution is 2.36. The fourth-order valence-electron chi connectivity index (χ4n) is 1.43. The summed E-state index contributed by atoms with van der Waals surface area (Å²) in [5.41, 5.74) is 2.54. The van der Waals surface area contributed by atoms with Gasteiger partial charge >= 0.3 is 0 Å². The second-order valence-corrected chi connectivity index (χ2v) is 4.94. The maximum atomic E-state index is 10.9. The number of aromatic carboxylic acids is 1. The first-order valence-electron chi connectivity index (χ1n) is 5.51. The molecule has 0 aliphatic heterocycles. The van der Waals surface area contributed by atoms with Crippen molar-refractivity contribution in [1.82, 2.24) is 4.98 Å². The molecule has 1 N–H and O–H groups in total. The van der Waals surface area contributed by atoms with Gasteiger partial charge in [0.25, 0.3) is 0 Å². The van der Waals surface area contributed by atoms with Crippen molar-refractivity contribution in [2.24, 2.45) is 5.10 Å². The average molecular weight is 348 g/mol. The summed E-state index contributed by atoms with van der Waals surface area (Å²) in [5, 5.41) is 14.4. The molecule has 0 aliphatic rings. The summed E-state index contributed by atoms with van der Waals surface area (Å²) in [6.45, 7) is 1.68. The van der Waals surface area contributed by atoms with Crippen LogP contribution in [0.5, 0.6) is 0 Å². The quantitative estimate of drug-likeness (QED) is 0.522. The van der Waals surface area contributed by atoms with Crippen LogP contribution in [0.4, 0.5) is 5.69 Å². The summed E-state index contributed by atoms with van der Waals surface area (Å²) >= 11 is 17.6. The topological polar surface area (TPSA) is 90.5 Å². The predicted molar refractivity (Wildman–Crippen MR) is 78.1 cm³/mol. The van der Waals surface area contributed by atoms with Crippen LogP contribution in [-0.2, 0) is 0 Å². The molecule has 0 amide bonds. The Kier molecular flexibility index (Phi) is 4.72.